The third-order valence-corrected chi connectivity index (χ3v) is 2.41. The van der Waals surface area contributed by atoms with Crippen LogP contribution >= 0.6 is 11.5 Å². The van der Waals surface area contributed by atoms with Crippen LogP contribution < -0.4 is 11.1 Å². The van der Waals surface area contributed by atoms with Gasteiger partial charge in [0, 0.05) is 7.05 Å². The number of aryl methyl sites for hydroxylation is 1. The van der Waals surface area contributed by atoms with E-state index in [0.717, 1.165) is 10.7 Å². The van der Waals surface area contributed by atoms with Crippen molar-refractivity contribution in [2.45, 2.75) is 6.92 Å². The van der Waals surface area contributed by atoms with Crippen LogP contribution in [0.4, 0.5) is 5.00 Å². The Morgan fingerprint density at radius 1 is 1.75 bits per heavy atom. The molecule has 1 heterocycles. The smallest absolute Gasteiger partial charge is 0.174 e. The zero-order chi connectivity index (χ0) is 9.14. The first-order valence-electron chi connectivity index (χ1n) is 3.32. The van der Waals surface area contributed by atoms with Crippen molar-refractivity contribution < 1.29 is 5.21 Å². The minimum absolute atomic E-state index is 0.0885. The number of hydrogen-bond acceptors (Lipinski definition) is 5. The molecule has 0 aliphatic carbocycles. The molecular weight excluding hydrogens is 176 g/mol. The number of hydrogen-bond donors (Lipinski definition) is 3. The summed E-state index contributed by atoms with van der Waals surface area (Å²) in [7, 11) is 1.76. The molecule has 6 heteroatoms. The first-order valence-corrected chi connectivity index (χ1v) is 4.10. The van der Waals surface area contributed by atoms with E-state index in [1.807, 2.05) is 6.92 Å². The zero-order valence-electron chi connectivity index (χ0n) is 6.83. The number of aromatic nitrogens is 1. The van der Waals surface area contributed by atoms with Crippen LogP contribution in [0, 0.1) is 6.92 Å². The predicted molar refractivity (Wildman–Crippen MR) is 48.9 cm³/mol. The monoisotopic (exact) mass is 186 g/mol. The summed E-state index contributed by atoms with van der Waals surface area (Å²) in [5.74, 6) is 0.0885. The van der Waals surface area contributed by atoms with Crippen LogP contribution in [-0.2, 0) is 0 Å². The molecule has 0 unspecified atom stereocenters. The lowest BCUT2D eigenvalue weighted by atomic mass is 10.2. The molecule has 5 nitrogen and oxygen atoms in total. The van der Waals surface area contributed by atoms with Crippen molar-refractivity contribution in [3.05, 3.63) is 11.3 Å². The summed E-state index contributed by atoms with van der Waals surface area (Å²) in [5, 5.41) is 15.1. The Morgan fingerprint density at radius 2 is 2.42 bits per heavy atom. The lowest BCUT2D eigenvalue weighted by Crippen LogP contribution is -2.15. The summed E-state index contributed by atoms with van der Waals surface area (Å²) < 4.78 is 4.06. The molecule has 1 rings (SSSR count). The quantitative estimate of drug-likeness (QED) is 0.273. The molecule has 12 heavy (non-hydrogen) atoms. The highest BCUT2D eigenvalue weighted by atomic mass is 32.1. The van der Waals surface area contributed by atoms with Gasteiger partial charge in [0.2, 0.25) is 0 Å². The van der Waals surface area contributed by atoms with E-state index in [1.54, 1.807) is 7.05 Å². The molecule has 0 radical (unpaired) electrons. The summed E-state index contributed by atoms with van der Waals surface area (Å²) in [6.07, 6.45) is 0. The Morgan fingerprint density at radius 3 is 2.92 bits per heavy atom. The van der Waals surface area contributed by atoms with Crippen LogP contribution in [0.3, 0.4) is 0 Å². The molecular formula is C6H10N4OS. The normalized spacial score (nSPS) is 11.7. The summed E-state index contributed by atoms with van der Waals surface area (Å²) in [6, 6.07) is 0. The van der Waals surface area contributed by atoms with Crippen LogP contribution in [0.1, 0.15) is 11.3 Å². The molecule has 0 aliphatic rings. The molecule has 0 fully saturated rings. The first-order chi connectivity index (χ1) is 5.70. The number of amidine groups is 1. The molecule has 1 aromatic heterocycles. The molecule has 0 aromatic carbocycles. The van der Waals surface area contributed by atoms with Crippen molar-refractivity contribution >= 4 is 22.4 Å². The van der Waals surface area contributed by atoms with Gasteiger partial charge in [-0.05, 0) is 18.5 Å². The topological polar surface area (TPSA) is 83.5 Å². The highest BCUT2D eigenvalue weighted by Gasteiger charge is 2.12. The van der Waals surface area contributed by atoms with Gasteiger partial charge >= 0.3 is 0 Å². The average molecular weight is 186 g/mol. The maximum Gasteiger partial charge on any atom is 0.174 e. The summed E-state index contributed by atoms with van der Waals surface area (Å²) in [4.78, 5) is 0. The third-order valence-electron chi connectivity index (χ3n) is 1.45. The minimum atomic E-state index is 0.0885. The number of nitrogens with zero attached hydrogens (tertiary/aromatic N) is 2. The molecule has 0 atom stereocenters. The Bertz CT molecular complexity index is 306. The Hall–Kier alpha value is -1.30. The van der Waals surface area contributed by atoms with E-state index in [-0.39, 0.29) is 5.84 Å². The number of oxime groups is 1. The van der Waals surface area contributed by atoms with E-state index in [2.05, 4.69) is 14.8 Å². The van der Waals surface area contributed by atoms with Crippen molar-refractivity contribution in [1.29, 1.82) is 0 Å². The number of nitrogens with one attached hydrogen (secondary N) is 1. The van der Waals surface area contributed by atoms with Crippen molar-refractivity contribution in [3.8, 4) is 0 Å². The molecule has 0 bridgehead atoms. The second-order valence-electron chi connectivity index (χ2n) is 2.21. The van der Waals surface area contributed by atoms with Gasteiger partial charge < -0.3 is 16.3 Å². The van der Waals surface area contributed by atoms with E-state index in [9.17, 15) is 0 Å². The van der Waals surface area contributed by atoms with Gasteiger partial charge in [0.1, 0.15) is 5.00 Å². The average Bonchev–Trinajstić information content (AvgIpc) is 2.45. The highest BCUT2D eigenvalue weighted by Crippen LogP contribution is 2.23. The predicted octanol–water partition coefficient (Wildman–Crippen LogP) is 0.588. The van der Waals surface area contributed by atoms with Gasteiger partial charge in [-0.3, -0.25) is 0 Å². The minimum Gasteiger partial charge on any atom is -0.409 e. The van der Waals surface area contributed by atoms with Gasteiger partial charge in [0.15, 0.2) is 5.84 Å². The second-order valence-corrected chi connectivity index (χ2v) is 2.98. The summed E-state index contributed by atoms with van der Waals surface area (Å²) >= 11 is 1.29. The fraction of sp³-hybridized carbons (Fsp3) is 0.333. The molecule has 0 amide bonds. The standard InChI is InChI=1S/C6H10N4OS/c1-3-4(5(7)9-11)6(8-2)12-10-3/h8,11H,1-2H3,(H2,7,9). The van der Waals surface area contributed by atoms with Crippen molar-refractivity contribution in [2.75, 3.05) is 12.4 Å². The largest absolute Gasteiger partial charge is 0.409 e. The van der Waals surface area contributed by atoms with Gasteiger partial charge in [-0.2, -0.15) is 4.37 Å². The van der Waals surface area contributed by atoms with E-state index >= 15 is 0 Å². The fourth-order valence-corrected chi connectivity index (χ4v) is 1.65. The first kappa shape index (κ1) is 8.79. The zero-order valence-corrected chi connectivity index (χ0v) is 7.64. The van der Waals surface area contributed by atoms with Crippen molar-refractivity contribution in [1.82, 2.24) is 4.37 Å². The van der Waals surface area contributed by atoms with E-state index in [4.69, 9.17) is 10.9 Å². The maximum absolute atomic E-state index is 8.46. The summed E-state index contributed by atoms with van der Waals surface area (Å²) in [5.41, 5.74) is 6.88. The Kier molecular flexibility index (Phi) is 2.49. The maximum atomic E-state index is 8.46. The number of nitrogens with two attached hydrogens (primary N) is 1. The van der Waals surface area contributed by atoms with Crippen molar-refractivity contribution in [2.24, 2.45) is 10.9 Å². The van der Waals surface area contributed by atoms with Gasteiger partial charge in [0.25, 0.3) is 0 Å². The van der Waals surface area contributed by atoms with Crippen LogP contribution in [0.5, 0.6) is 0 Å². The molecule has 4 N–H and O–H groups in total. The van der Waals surface area contributed by atoms with E-state index in [1.165, 1.54) is 11.5 Å². The van der Waals surface area contributed by atoms with Gasteiger partial charge in [0.05, 0.1) is 11.3 Å². The molecule has 0 saturated heterocycles. The second kappa shape index (κ2) is 3.40. The lowest BCUT2D eigenvalue weighted by Gasteiger charge is -1.99. The van der Waals surface area contributed by atoms with E-state index in [0.29, 0.717) is 5.56 Å². The lowest BCUT2D eigenvalue weighted by molar-refractivity contribution is 0.318. The highest BCUT2D eigenvalue weighted by molar-refractivity contribution is 7.10. The molecule has 0 saturated carbocycles. The van der Waals surface area contributed by atoms with Crippen LogP contribution in [0.25, 0.3) is 0 Å². The molecule has 66 valence electrons. The van der Waals surface area contributed by atoms with E-state index < -0.39 is 0 Å². The molecule has 1 aromatic rings. The number of rotatable bonds is 2. The van der Waals surface area contributed by atoms with Crippen LogP contribution in [-0.4, -0.2) is 22.5 Å². The van der Waals surface area contributed by atoms with Crippen LogP contribution in [0.2, 0.25) is 0 Å². The fourth-order valence-electron chi connectivity index (χ4n) is 0.892. The Labute approximate surface area is 74.1 Å². The molecule has 0 aliphatic heterocycles. The van der Waals surface area contributed by atoms with Crippen molar-refractivity contribution in [3.63, 3.8) is 0 Å². The third kappa shape index (κ3) is 1.33. The van der Waals surface area contributed by atoms with Gasteiger partial charge in [-0.15, -0.1) is 0 Å². The van der Waals surface area contributed by atoms with Gasteiger partial charge in [-0.1, -0.05) is 5.16 Å². The summed E-state index contributed by atoms with van der Waals surface area (Å²) in [6.45, 7) is 1.81. The van der Waals surface area contributed by atoms with Crippen LogP contribution in [0.15, 0.2) is 5.16 Å². The molecule has 0 spiro atoms. The SMILES string of the molecule is CNc1snc(C)c1/C(N)=N/O. The Balaban J connectivity index is 3.19. The van der Waals surface area contributed by atoms with Gasteiger partial charge in [-0.25, -0.2) is 0 Å². The number of anilines is 1.